The molecule has 0 aromatic heterocycles. The molecule has 0 spiro atoms. The van der Waals surface area contributed by atoms with Gasteiger partial charge in [-0.3, -0.25) is 4.79 Å². The Hall–Kier alpha value is -1.26. The Balaban J connectivity index is 2.54. The number of aliphatic carboxylic acids is 1. The predicted molar refractivity (Wildman–Crippen MR) is 74.0 cm³/mol. The molecule has 1 N–H and O–H groups in total. The highest BCUT2D eigenvalue weighted by molar-refractivity contribution is 5.80. The van der Waals surface area contributed by atoms with Crippen LogP contribution >= 0.6 is 0 Å². The summed E-state index contributed by atoms with van der Waals surface area (Å²) in [5, 5.41) is 8.80. The van der Waals surface area contributed by atoms with Crippen molar-refractivity contribution in [2.75, 3.05) is 26.2 Å². The van der Waals surface area contributed by atoms with Crippen LogP contribution in [-0.4, -0.2) is 53.1 Å². The highest BCUT2D eigenvalue weighted by atomic mass is 16.4. The third-order valence-electron chi connectivity index (χ3n) is 3.97. The number of likely N-dealkylation sites (tertiary alicyclic amines) is 1. The van der Waals surface area contributed by atoms with E-state index in [1.54, 1.807) is 4.90 Å². The highest BCUT2D eigenvalue weighted by Gasteiger charge is 2.31. The van der Waals surface area contributed by atoms with E-state index in [2.05, 4.69) is 20.8 Å². The molecule has 0 bridgehead atoms. The third kappa shape index (κ3) is 4.40. The van der Waals surface area contributed by atoms with Crippen LogP contribution in [0, 0.1) is 11.3 Å². The van der Waals surface area contributed by atoms with E-state index in [1.165, 1.54) is 4.90 Å². The summed E-state index contributed by atoms with van der Waals surface area (Å²) in [6.45, 7) is 10.2. The topological polar surface area (TPSA) is 60.9 Å². The lowest BCUT2D eigenvalue weighted by Crippen LogP contribution is -2.49. The fourth-order valence-corrected chi connectivity index (χ4v) is 2.61. The molecule has 0 saturated carbocycles. The summed E-state index contributed by atoms with van der Waals surface area (Å²) in [5.41, 5.74) is 0.278. The summed E-state index contributed by atoms with van der Waals surface area (Å²) < 4.78 is 0. The Morgan fingerprint density at radius 1 is 1.26 bits per heavy atom. The van der Waals surface area contributed by atoms with E-state index in [9.17, 15) is 9.59 Å². The van der Waals surface area contributed by atoms with E-state index >= 15 is 0 Å². The monoisotopic (exact) mass is 270 g/mol. The molecule has 1 aliphatic heterocycles. The summed E-state index contributed by atoms with van der Waals surface area (Å²) in [5.74, 6) is -0.328. The summed E-state index contributed by atoms with van der Waals surface area (Å²) in [6.07, 6.45) is 2.00. The lowest BCUT2D eigenvalue weighted by atomic mass is 9.75. The molecule has 1 saturated heterocycles. The molecule has 0 unspecified atom stereocenters. The number of hydrogen-bond donors (Lipinski definition) is 1. The van der Waals surface area contributed by atoms with Gasteiger partial charge in [-0.05, 0) is 31.1 Å². The fourth-order valence-electron chi connectivity index (χ4n) is 2.61. The number of rotatable bonds is 3. The van der Waals surface area contributed by atoms with E-state index < -0.39 is 5.97 Å². The van der Waals surface area contributed by atoms with Crippen LogP contribution in [0.2, 0.25) is 0 Å². The van der Waals surface area contributed by atoms with Crippen molar-refractivity contribution in [1.29, 1.82) is 0 Å². The number of piperidine rings is 1. The van der Waals surface area contributed by atoms with Crippen molar-refractivity contribution in [2.24, 2.45) is 11.3 Å². The van der Waals surface area contributed by atoms with Crippen LogP contribution < -0.4 is 0 Å². The molecule has 0 aliphatic carbocycles. The number of hydrogen-bond acceptors (Lipinski definition) is 2. The van der Waals surface area contributed by atoms with Crippen LogP contribution in [0.15, 0.2) is 0 Å². The first-order chi connectivity index (χ1) is 8.75. The number of carbonyl (C=O) groups is 2. The van der Waals surface area contributed by atoms with Crippen molar-refractivity contribution < 1.29 is 14.7 Å². The van der Waals surface area contributed by atoms with Crippen molar-refractivity contribution >= 4 is 12.0 Å². The summed E-state index contributed by atoms with van der Waals surface area (Å²) in [4.78, 5) is 26.1. The lowest BCUT2D eigenvalue weighted by Gasteiger charge is -2.40. The molecule has 1 aliphatic rings. The standard InChI is InChI=1S/C14H26N2O3/c1-5-15(10-12(17)18)13(19)16-8-6-11(7-9-16)14(2,3)4/h11H,5-10H2,1-4H3,(H,17,18). The first-order valence-electron chi connectivity index (χ1n) is 7.01. The second-order valence-electron chi connectivity index (χ2n) is 6.32. The first kappa shape index (κ1) is 15.8. The molecule has 19 heavy (non-hydrogen) atoms. The second kappa shape index (κ2) is 6.26. The molecular formula is C14H26N2O3. The van der Waals surface area contributed by atoms with Gasteiger partial charge in [0.15, 0.2) is 0 Å². The van der Waals surface area contributed by atoms with Crippen LogP contribution in [0.4, 0.5) is 4.79 Å². The molecule has 0 atom stereocenters. The summed E-state index contributed by atoms with van der Waals surface area (Å²) in [6, 6.07) is -0.141. The van der Waals surface area contributed by atoms with Crippen molar-refractivity contribution in [2.45, 2.75) is 40.5 Å². The maximum absolute atomic E-state index is 12.2. The molecule has 1 rings (SSSR count). The van der Waals surface area contributed by atoms with Gasteiger partial charge in [0.25, 0.3) is 0 Å². The Morgan fingerprint density at radius 2 is 1.79 bits per heavy atom. The number of carbonyl (C=O) groups excluding carboxylic acids is 1. The SMILES string of the molecule is CCN(CC(=O)O)C(=O)N1CCC(C(C)(C)C)CC1. The average Bonchev–Trinajstić information content (AvgIpc) is 2.34. The number of urea groups is 1. The molecule has 2 amide bonds. The summed E-state index contributed by atoms with van der Waals surface area (Å²) >= 11 is 0. The van der Waals surface area contributed by atoms with E-state index in [-0.39, 0.29) is 18.0 Å². The fraction of sp³-hybridized carbons (Fsp3) is 0.857. The number of carboxylic acids is 1. The van der Waals surface area contributed by atoms with Gasteiger partial charge in [0, 0.05) is 19.6 Å². The van der Waals surface area contributed by atoms with Gasteiger partial charge < -0.3 is 14.9 Å². The smallest absolute Gasteiger partial charge is 0.323 e. The maximum atomic E-state index is 12.2. The van der Waals surface area contributed by atoms with Gasteiger partial charge in [-0.15, -0.1) is 0 Å². The molecule has 1 heterocycles. The Bertz CT molecular complexity index is 328. The summed E-state index contributed by atoms with van der Waals surface area (Å²) in [7, 11) is 0. The van der Waals surface area contributed by atoms with Gasteiger partial charge in [0.05, 0.1) is 0 Å². The van der Waals surface area contributed by atoms with Gasteiger partial charge >= 0.3 is 12.0 Å². The largest absolute Gasteiger partial charge is 0.480 e. The molecule has 5 nitrogen and oxygen atoms in total. The van der Waals surface area contributed by atoms with Crippen molar-refractivity contribution in [3.8, 4) is 0 Å². The number of nitrogens with zero attached hydrogens (tertiary/aromatic N) is 2. The van der Waals surface area contributed by atoms with E-state index in [1.807, 2.05) is 6.92 Å². The van der Waals surface area contributed by atoms with Gasteiger partial charge in [0.2, 0.25) is 0 Å². The van der Waals surface area contributed by atoms with Gasteiger partial charge in [-0.25, -0.2) is 4.79 Å². The van der Waals surface area contributed by atoms with E-state index in [0.717, 1.165) is 25.9 Å². The molecule has 5 heteroatoms. The maximum Gasteiger partial charge on any atom is 0.323 e. The minimum atomic E-state index is -0.959. The zero-order valence-electron chi connectivity index (χ0n) is 12.5. The first-order valence-corrected chi connectivity index (χ1v) is 7.01. The molecular weight excluding hydrogens is 244 g/mol. The van der Waals surface area contributed by atoms with Crippen LogP contribution in [0.5, 0.6) is 0 Å². The second-order valence-corrected chi connectivity index (χ2v) is 6.32. The third-order valence-corrected chi connectivity index (χ3v) is 3.97. The van der Waals surface area contributed by atoms with Crippen molar-refractivity contribution in [1.82, 2.24) is 9.80 Å². The van der Waals surface area contributed by atoms with E-state index in [4.69, 9.17) is 5.11 Å². The number of amides is 2. The van der Waals surface area contributed by atoms with Crippen LogP contribution in [0.1, 0.15) is 40.5 Å². The predicted octanol–water partition coefficient (Wildman–Crippen LogP) is 2.27. The molecule has 0 aromatic carbocycles. The molecule has 0 aromatic rings. The van der Waals surface area contributed by atoms with Gasteiger partial charge in [-0.1, -0.05) is 20.8 Å². The van der Waals surface area contributed by atoms with Crippen molar-refractivity contribution in [3.05, 3.63) is 0 Å². The average molecular weight is 270 g/mol. The number of likely N-dealkylation sites (N-methyl/N-ethyl adjacent to an activating group) is 1. The Labute approximate surface area is 115 Å². The highest BCUT2D eigenvalue weighted by Crippen LogP contribution is 2.34. The van der Waals surface area contributed by atoms with Gasteiger partial charge in [-0.2, -0.15) is 0 Å². The minimum Gasteiger partial charge on any atom is -0.480 e. The van der Waals surface area contributed by atoms with Gasteiger partial charge in [0.1, 0.15) is 6.54 Å². The van der Waals surface area contributed by atoms with E-state index in [0.29, 0.717) is 12.5 Å². The zero-order chi connectivity index (χ0) is 14.6. The van der Waals surface area contributed by atoms with Crippen molar-refractivity contribution in [3.63, 3.8) is 0 Å². The normalized spacial score (nSPS) is 17.4. The molecule has 0 radical (unpaired) electrons. The zero-order valence-corrected chi connectivity index (χ0v) is 12.5. The number of carboxylic acid groups (broad SMARTS) is 1. The minimum absolute atomic E-state index is 0.141. The van der Waals surface area contributed by atoms with Crippen LogP contribution in [0.25, 0.3) is 0 Å². The quantitative estimate of drug-likeness (QED) is 0.855. The Morgan fingerprint density at radius 3 is 2.16 bits per heavy atom. The molecule has 1 fully saturated rings. The molecule has 110 valence electrons. The van der Waals surface area contributed by atoms with Crippen LogP contribution in [0.3, 0.4) is 0 Å². The van der Waals surface area contributed by atoms with Crippen LogP contribution in [-0.2, 0) is 4.79 Å². The lowest BCUT2D eigenvalue weighted by molar-refractivity contribution is -0.137. The Kier molecular flexibility index (Phi) is 5.20.